The highest BCUT2D eigenvalue weighted by Crippen LogP contribution is 2.36. The van der Waals surface area contributed by atoms with Gasteiger partial charge in [0.25, 0.3) is 5.91 Å². The zero-order valence-corrected chi connectivity index (χ0v) is 12.3. The predicted molar refractivity (Wildman–Crippen MR) is 81.6 cm³/mol. The summed E-state index contributed by atoms with van der Waals surface area (Å²) in [7, 11) is 0. The van der Waals surface area contributed by atoms with Crippen molar-refractivity contribution in [2.75, 3.05) is 12.3 Å². The molecule has 3 rings (SSSR count). The van der Waals surface area contributed by atoms with Gasteiger partial charge in [0.2, 0.25) is 0 Å². The van der Waals surface area contributed by atoms with Gasteiger partial charge >= 0.3 is 0 Å². The number of amides is 1. The second kappa shape index (κ2) is 5.47. The zero-order chi connectivity index (χ0) is 14.1. The molecule has 1 heterocycles. The Kier molecular flexibility index (Phi) is 3.68. The Morgan fingerprint density at radius 3 is 2.80 bits per heavy atom. The number of rotatable bonds is 1. The van der Waals surface area contributed by atoms with Crippen molar-refractivity contribution in [1.29, 1.82) is 0 Å². The van der Waals surface area contributed by atoms with Gasteiger partial charge in [0, 0.05) is 23.8 Å². The number of benzene rings is 1. The molecule has 0 bridgehead atoms. The molecule has 2 atom stereocenters. The van der Waals surface area contributed by atoms with Crippen LogP contribution < -0.4 is 5.73 Å². The fraction of sp³-hybridized carbons (Fsp3) is 0.588. The van der Waals surface area contributed by atoms with E-state index in [-0.39, 0.29) is 5.91 Å². The molecule has 2 N–H and O–H groups in total. The van der Waals surface area contributed by atoms with E-state index in [0.29, 0.717) is 11.7 Å². The van der Waals surface area contributed by atoms with Gasteiger partial charge in [0.1, 0.15) is 0 Å². The molecule has 1 aliphatic carbocycles. The van der Waals surface area contributed by atoms with Crippen molar-refractivity contribution in [3.8, 4) is 0 Å². The van der Waals surface area contributed by atoms with Crippen LogP contribution in [-0.4, -0.2) is 23.4 Å². The van der Waals surface area contributed by atoms with Crippen LogP contribution in [0.5, 0.6) is 0 Å². The van der Waals surface area contributed by atoms with E-state index in [0.717, 1.165) is 30.0 Å². The van der Waals surface area contributed by atoms with E-state index in [1.807, 2.05) is 25.1 Å². The van der Waals surface area contributed by atoms with Gasteiger partial charge < -0.3 is 10.6 Å². The van der Waals surface area contributed by atoms with Gasteiger partial charge in [-0.15, -0.1) is 0 Å². The van der Waals surface area contributed by atoms with Gasteiger partial charge in [0.05, 0.1) is 0 Å². The fourth-order valence-corrected chi connectivity index (χ4v) is 3.90. The van der Waals surface area contributed by atoms with Crippen LogP contribution in [0.3, 0.4) is 0 Å². The fourth-order valence-electron chi connectivity index (χ4n) is 3.90. The van der Waals surface area contributed by atoms with Gasteiger partial charge in [-0.1, -0.05) is 18.9 Å². The normalized spacial score (nSPS) is 26.1. The molecule has 1 aromatic rings. The quantitative estimate of drug-likeness (QED) is 0.797. The molecule has 2 fully saturated rings. The molecule has 1 amide bonds. The highest BCUT2D eigenvalue weighted by molar-refractivity contribution is 5.96. The lowest BCUT2D eigenvalue weighted by Crippen LogP contribution is -2.49. The molecule has 3 nitrogen and oxygen atoms in total. The average Bonchev–Trinajstić information content (AvgIpc) is 2.48. The van der Waals surface area contributed by atoms with Gasteiger partial charge in [-0.25, -0.2) is 0 Å². The summed E-state index contributed by atoms with van der Waals surface area (Å²) in [5.41, 5.74) is 8.35. The Hall–Kier alpha value is -1.51. The molecule has 0 unspecified atom stereocenters. The molecular weight excluding hydrogens is 248 g/mol. The second-order valence-electron chi connectivity index (χ2n) is 6.33. The van der Waals surface area contributed by atoms with Crippen molar-refractivity contribution < 1.29 is 4.79 Å². The SMILES string of the molecule is Cc1ccc(N)cc1C(=O)N1CCC[C@H]2CCCC[C@H]21. The number of nitrogen functional groups attached to an aromatic ring is 1. The summed E-state index contributed by atoms with van der Waals surface area (Å²) < 4.78 is 0. The van der Waals surface area contributed by atoms with Gasteiger partial charge in [-0.2, -0.15) is 0 Å². The number of likely N-dealkylation sites (tertiary alicyclic amines) is 1. The summed E-state index contributed by atoms with van der Waals surface area (Å²) in [5.74, 6) is 0.911. The molecule has 3 heteroatoms. The molecule has 1 saturated heterocycles. The molecule has 0 aromatic heterocycles. The summed E-state index contributed by atoms with van der Waals surface area (Å²) >= 11 is 0. The molecule has 1 saturated carbocycles. The third-order valence-electron chi connectivity index (χ3n) is 5.00. The van der Waals surface area contributed by atoms with Crippen LogP contribution >= 0.6 is 0 Å². The van der Waals surface area contributed by atoms with Crippen LogP contribution in [0.15, 0.2) is 18.2 Å². The number of hydrogen-bond donors (Lipinski definition) is 1. The monoisotopic (exact) mass is 272 g/mol. The Balaban J connectivity index is 1.87. The predicted octanol–water partition coefficient (Wildman–Crippen LogP) is 3.37. The summed E-state index contributed by atoms with van der Waals surface area (Å²) in [5, 5.41) is 0. The molecule has 20 heavy (non-hydrogen) atoms. The summed E-state index contributed by atoms with van der Waals surface area (Å²) in [6.07, 6.45) is 7.52. The largest absolute Gasteiger partial charge is 0.399 e. The Morgan fingerprint density at radius 2 is 1.95 bits per heavy atom. The molecule has 2 aliphatic rings. The van der Waals surface area contributed by atoms with Crippen molar-refractivity contribution in [2.24, 2.45) is 5.92 Å². The summed E-state index contributed by atoms with van der Waals surface area (Å²) in [6, 6.07) is 6.12. The van der Waals surface area contributed by atoms with Crippen molar-refractivity contribution in [3.63, 3.8) is 0 Å². The number of nitrogens with two attached hydrogens (primary N) is 1. The molecule has 0 radical (unpaired) electrons. The summed E-state index contributed by atoms with van der Waals surface area (Å²) in [6.45, 7) is 2.91. The number of carbonyl (C=O) groups excluding carboxylic acids is 1. The van der Waals surface area contributed by atoms with E-state index in [2.05, 4.69) is 4.90 Å². The van der Waals surface area contributed by atoms with Crippen LogP contribution in [0, 0.1) is 12.8 Å². The number of piperidine rings is 1. The number of carbonyl (C=O) groups is 1. The van der Waals surface area contributed by atoms with E-state index in [1.165, 1.54) is 32.1 Å². The first-order chi connectivity index (χ1) is 9.66. The second-order valence-corrected chi connectivity index (χ2v) is 6.33. The maximum Gasteiger partial charge on any atom is 0.254 e. The molecular formula is C17H24N2O. The minimum atomic E-state index is 0.186. The lowest BCUT2D eigenvalue weighted by molar-refractivity contribution is 0.0390. The van der Waals surface area contributed by atoms with Crippen LogP contribution in [0.4, 0.5) is 5.69 Å². The number of anilines is 1. The smallest absolute Gasteiger partial charge is 0.254 e. The Labute approximate surface area is 121 Å². The highest BCUT2D eigenvalue weighted by Gasteiger charge is 2.36. The van der Waals surface area contributed by atoms with Crippen molar-refractivity contribution in [3.05, 3.63) is 29.3 Å². The first-order valence-electron chi connectivity index (χ1n) is 7.84. The third-order valence-corrected chi connectivity index (χ3v) is 5.00. The third kappa shape index (κ3) is 2.41. The van der Waals surface area contributed by atoms with E-state index < -0.39 is 0 Å². The minimum absolute atomic E-state index is 0.186. The average molecular weight is 272 g/mol. The maximum atomic E-state index is 12.9. The molecule has 1 aromatic carbocycles. The van der Waals surface area contributed by atoms with E-state index in [9.17, 15) is 4.79 Å². The lowest BCUT2D eigenvalue weighted by atomic mass is 9.78. The number of nitrogens with zero attached hydrogens (tertiary/aromatic N) is 1. The van der Waals surface area contributed by atoms with Crippen molar-refractivity contribution in [2.45, 2.75) is 51.5 Å². The molecule has 108 valence electrons. The first-order valence-corrected chi connectivity index (χ1v) is 7.84. The van der Waals surface area contributed by atoms with Gasteiger partial charge in [-0.05, 0) is 56.2 Å². The number of hydrogen-bond acceptors (Lipinski definition) is 2. The molecule has 1 aliphatic heterocycles. The van der Waals surface area contributed by atoms with Crippen LogP contribution in [0.25, 0.3) is 0 Å². The van der Waals surface area contributed by atoms with Crippen molar-refractivity contribution >= 4 is 11.6 Å². The Morgan fingerprint density at radius 1 is 1.20 bits per heavy atom. The standard InChI is InChI=1S/C17H24N2O/c1-12-8-9-14(18)11-15(12)17(20)19-10-4-6-13-5-2-3-7-16(13)19/h8-9,11,13,16H,2-7,10,18H2,1H3/t13-,16-/m1/s1. The maximum absolute atomic E-state index is 12.9. The number of aryl methyl sites for hydroxylation is 1. The first kappa shape index (κ1) is 13.5. The van der Waals surface area contributed by atoms with Gasteiger partial charge in [0.15, 0.2) is 0 Å². The Bertz CT molecular complexity index is 510. The summed E-state index contributed by atoms with van der Waals surface area (Å²) in [4.78, 5) is 15.0. The van der Waals surface area contributed by atoms with Crippen molar-refractivity contribution in [1.82, 2.24) is 4.90 Å². The van der Waals surface area contributed by atoms with E-state index >= 15 is 0 Å². The number of fused-ring (bicyclic) bond motifs is 1. The van der Waals surface area contributed by atoms with Crippen LogP contribution in [-0.2, 0) is 0 Å². The zero-order valence-electron chi connectivity index (χ0n) is 12.3. The van der Waals surface area contributed by atoms with Gasteiger partial charge in [-0.3, -0.25) is 4.79 Å². The molecule has 0 spiro atoms. The van der Waals surface area contributed by atoms with E-state index in [1.54, 1.807) is 0 Å². The van der Waals surface area contributed by atoms with Crippen LogP contribution in [0.1, 0.15) is 54.4 Å². The lowest BCUT2D eigenvalue weighted by Gasteiger charge is -2.44. The van der Waals surface area contributed by atoms with Crippen LogP contribution in [0.2, 0.25) is 0 Å². The van der Waals surface area contributed by atoms with E-state index in [4.69, 9.17) is 5.73 Å². The minimum Gasteiger partial charge on any atom is -0.399 e. The highest BCUT2D eigenvalue weighted by atomic mass is 16.2. The topological polar surface area (TPSA) is 46.3 Å².